The first-order valence-corrected chi connectivity index (χ1v) is 9.11. The average molecular weight is 343 g/mol. The van der Waals surface area contributed by atoms with Gasteiger partial charge in [-0.15, -0.1) is 10.2 Å². The molecule has 0 radical (unpaired) electrons. The fourth-order valence-corrected chi connectivity index (χ4v) is 3.44. The predicted octanol–water partition coefficient (Wildman–Crippen LogP) is 0.572. The number of morpholine rings is 1. The van der Waals surface area contributed by atoms with E-state index in [2.05, 4.69) is 41.9 Å². The molecule has 0 aliphatic carbocycles. The lowest BCUT2D eigenvalue weighted by Crippen LogP contribution is -2.38. The van der Waals surface area contributed by atoms with Gasteiger partial charge in [-0.2, -0.15) is 0 Å². The average Bonchev–Trinajstić information content (AvgIpc) is 3.10. The van der Waals surface area contributed by atoms with E-state index < -0.39 is 0 Å². The van der Waals surface area contributed by atoms with Gasteiger partial charge in [0.05, 0.1) is 13.2 Å². The summed E-state index contributed by atoms with van der Waals surface area (Å²) in [5.41, 5.74) is 1.11. The number of hydrogen-bond acceptors (Lipinski definition) is 7. The van der Waals surface area contributed by atoms with Gasteiger partial charge < -0.3 is 19.5 Å². The van der Waals surface area contributed by atoms with Gasteiger partial charge in [0.1, 0.15) is 11.6 Å². The van der Waals surface area contributed by atoms with Crippen molar-refractivity contribution in [1.82, 2.24) is 30.0 Å². The maximum absolute atomic E-state index is 5.37. The zero-order valence-corrected chi connectivity index (χ0v) is 14.7. The molecule has 4 heterocycles. The summed E-state index contributed by atoms with van der Waals surface area (Å²) in [6.45, 7) is 7.08. The zero-order valence-electron chi connectivity index (χ0n) is 14.7. The molecule has 2 aliphatic rings. The van der Waals surface area contributed by atoms with Crippen LogP contribution in [0, 0.1) is 0 Å². The number of hydrogen-bond donors (Lipinski definition) is 1. The molecule has 0 unspecified atom stereocenters. The van der Waals surface area contributed by atoms with Gasteiger partial charge in [0, 0.05) is 63.0 Å². The Kier molecular flexibility index (Phi) is 4.89. The van der Waals surface area contributed by atoms with E-state index in [4.69, 9.17) is 4.74 Å². The molecule has 2 aromatic heterocycles. The van der Waals surface area contributed by atoms with Crippen LogP contribution in [0.4, 0.5) is 5.95 Å². The van der Waals surface area contributed by atoms with E-state index in [9.17, 15) is 0 Å². The first-order chi connectivity index (χ1) is 12.3. The first kappa shape index (κ1) is 16.4. The molecule has 8 heteroatoms. The molecule has 0 spiro atoms. The Labute approximate surface area is 147 Å². The minimum Gasteiger partial charge on any atom is -0.378 e. The fraction of sp³-hybridized carbons (Fsp3) is 0.647. The molecule has 0 amide bonds. The van der Waals surface area contributed by atoms with Gasteiger partial charge in [-0.25, -0.2) is 9.97 Å². The molecule has 2 aromatic rings. The van der Waals surface area contributed by atoms with E-state index in [0.717, 1.165) is 81.8 Å². The van der Waals surface area contributed by atoms with Crippen molar-refractivity contribution < 1.29 is 4.74 Å². The van der Waals surface area contributed by atoms with E-state index in [1.165, 1.54) is 0 Å². The molecule has 0 aromatic carbocycles. The van der Waals surface area contributed by atoms with Crippen LogP contribution < -0.4 is 10.2 Å². The van der Waals surface area contributed by atoms with Crippen molar-refractivity contribution in [3.8, 4) is 0 Å². The number of nitrogens with zero attached hydrogens (tertiary/aromatic N) is 6. The summed E-state index contributed by atoms with van der Waals surface area (Å²) in [5.74, 6) is 3.00. The van der Waals surface area contributed by atoms with Crippen molar-refractivity contribution in [1.29, 1.82) is 0 Å². The number of rotatable bonds is 5. The number of aryl methyl sites for hydroxylation is 2. The second-order valence-corrected chi connectivity index (χ2v) is 6.60. The Morgan fingerprint density at radius 1 is 1.20 bits per heavy atom. The maximum Gasteiger partial charge on any atom is 0.225 e. The number of nitrogens with one attached hydrogen (secondary N) is 1. The molecule has 1 saturated heterocycles. The molecule has 1 fully saturated rings. The number of anilines is 1. The van der Waals surface area contributed by atoms with Crippen LogP contribution in [0.1, 0.15) is 30.6 Å². The van der Waals surface area contributed by atoms with Gasteiger partial charge in [0.15, 0.2) is 0 Å². The van der Waals surface area contributed by atoms with E-state index in [-0.39, 0.29) is 0 Å². The quantitative estimate of drug-likeness (QED) is 0.850. The highest BCUT2D eigenvalue weighted by Gasteiger charge is 2.22. The van der Waals surface area contributed by atoms with E-state index >= 15 is 0 Å². The SMILES string of the molecule is CCc1nnc2n1C[C@@H](NCc1cnc(N3CCOCC3)nc1)CC2. The van der Waals surface area contributed by atoms with Crippen LogP contribution in [-0.4, -0.2) is 57.1 Å². The minimum atomic E-state index is 0.438. The van der Waals surface area contributed by atoms with Gasteiger partial charge in [0.2, 0.25) is 5.95 Å². The summed E-state index contributed by atoms with van der Waals surface area (Å²) in [6, 6.07) is 0.438. The minimum absolute atomic E-state index is 0.438. The number of fused-ring (bicyclic) bond motifs is 1. The van der Waals surface area contributed by atoms with Crippen LogP contribution in [0.15, 0.2) is 12.4 Å². The van der Waals surface area contributed by atoms with Crippen molar-refractivity contribution in [2.75, 3.05) is 31.2 Å². The highest BCUT2D eigenvalue weighted by atomic mass is 16.5. The zero-order chi connectivity index (χ0) is 17.1. The normalized spacial score (nSPS) is 20.5. The first-order valence-electron chi connectivity index (χ1n) is 9.11. The van der Waals surface area contributed by atoms with Crippen molar-refractivity contribution in [2.45, 2.75) is 45.3 Å². The Morgan fingerprint density at radius 2 is 2.00 bits per heavy atom. The van der Waals surface area contributed by atoms with Crippen molar-refractivity contribution in [3.63, 3.8) is 0 Å². The number of aromatic nitrogens is 5. The molecule has 2 aliphatic heterocycles. The van der Waals surface area contributed by atoms with Crippen LogP contribution >= 0.6 is 0 Å². The summed E-state index contributed by atoms with van der Waals surface area (Å²) < 4.78 is 7.63. The maximum atomic E-state index is 5.37. The van der Waals surface area contributed by atoms with Crippen molar-refractivity contribution in [3.05, 3.63) is 29.6 Å². The van der Waals surface area contributed by atoms with E-state index in [0.29, 0.717) is 6.04 Å². The van der Waals surface area contributed by atoms with Gasteiger partial charge >= 0.3 is 0 Å². The van der Waals surface area contributed by atoms with Crippen LogP contribution in [0.25, 0.3) is 0 Å². The summed E-state index contributed by atoms with van der Waals surface area (Å²) >= 11 is 0. The molecule has 25 heavy (non-hydrogen) atoms. The lowest BCUT2D eigenvalue weighted by molar-refractivity contribution is 0.122. The van der Waals surface area contributed by atoms with Crippen LogP contribution in [0.2, 0.25) is 0 Å². The third-order valence-corrected chi connectivity index (χ3v) is 4.92. The van der Waals surface area contributed by atoms with Crippen LogP contribution in [0.3, 0.4) is 0 Å². The van der Waals surface area contributed by atoms with Gasteiger partial charge in [0.25, 0.3) is 0 Å². The monoisotopic (exact) mass is 343 g/mol. The molecule has 4 rings (SSSR count). The molecule has 0 bridgehead atoms. The molecule has 1 atom stereocenters. The Balaban J connectivity index is 1.32. The standard InChI is InChI=1S/C17H25N7O/c1-2-15-21-22-16-4-3-14(12-24(15)16)18-9-13-10-19-17(20-11-13)23-5-7-25-8-6-23/h10-11,14,18H,2-9,12H2,1H3/t14-/m0/s1. The molecule has 8 nitrogen and oxygen atoms in total. The summed E-state index contributed by atoms with van der Waals surface area (Å²) in [7, 11) is 0. The third kappa shape index (κ3) is 3.64. The lowest BCUT2D eigenvalue weighted by atomic mass is 10.1. The van der Waals surface area contributed by atoms with Crippen molar-refractivity contribution in [2.24, 2.45) is 0 Å². The Hall–Kier alpha value is -2.06. The Morgan fingerprint density at radius 3 is 2.76 bits per heavy atom. The third-order valence-electron chi connectivity index (χ3n) is 4.92. The van der Waals surface area contributed by atoms with Gasteiger partial charge in [-0.05, 0) is 6.42 Å². The fourth-order valence-electron chi connectivity index (χ4n) is 3.44. The Bertz CT molecular complexity index is 680. The summed E-state index contributed by atoms with van der Waals surface area (Å²) in [5, 5.41) is 12.2. The predicted molar refractivity (Wildman–Crippen MR) is 93.4 cm³/mol. The summed E-state index contributed by atoms with van der Waals surface area (Å²) in [6.07, 6.45) is 6.85. The lowest BCUT2D eigenvalue weighted by Gasteiger charge is -2.27. The highest BCUT2D eigenvalue weighted by Crippen LogP contribution is 2.16. The highest BCUT2D eigenvalue weighted by molar-refractivity contribution is 5.30. The van der Waals surface area contributed by atoms with Crippen molar-refractivity contribution >= 4 is 5.95 Å². The smallest absolute Gasteiger partial charge is 0.225 e. The molecule has 1 N–H and O–H groups in total. The number of ether oxygens (including phenoxy) is 1. The second kappa shape index (κ2) is 7.45. The van der Waals surface area contributed by atoms with Gasteiger partial charge in [-0.1, -0.05) is 6.92 Å². The topological polar surface area (TPSA) is 81.0 Å². The van der Waals surface area contributed by atoms with E-state index in [1.807, 2.05) is 12.4 Å². The largest absolute Gasteiger partial charge is 0.378 e. The molecule has 0 saturated carbocycles. The molecular formula is C17H25N7O. The second-order valence-electron chi connectivity index (χ2n) is 6.60. The molecular weight excluding hydrogens is 318 g/mol. The van der Waals surface area contributed by atoms with Crippen LogP contribution in [-0.2, 0) is 30.7 Å². The summed E-state index contributed by atoms with van der Waals surface area (Å²) in [4.78, 5) is 11.2. The van der Waals surface area contributed by atoms with Gasteiger partial charge in [-0.3, -0.25) is 0 Å². The van der Waals surface area contributed by atoms with Crippen LogP contribution in [0.5, 0.6) is 0 Å². The molecule has 134 valence electrons. The van der Waals surface area contributed by atoms with E-state index in [1.54, 1.807) is 0 Å².